The van der Waals surface area contributed by atoms with Crippen molar-refractivity contribution in [1.82, 2.24) is 4.90 Å². The van der Waals surface area contributed by atoms with Crippen molar-refractivity contribution in [2.75, 3.05) is 33.9 Å². The largest absolute Gasteiger partial charge is 0.496 e. The number of hydrogen-bond donors (Lipinski definition) is 0. The molecular formula is C23H30N2O3. The quantitative estimate of drug-likeness (QED) is 0.502. The molecule has 1 saturated heterocycles. The summed E-state index contributed by atoms with van der Waals surface area (Å²) < 4.78 is 17.6. The molecule has 0 atom stereocenters. The van der Waals surface area contributed by atoms with Gasteiger partial charge in [-0.15, -0.1) is 0 Å². The van der Waals surface area contributed by atoms with Gasteiger partial charge in [0.25, 0.3) is 0 Å². The Morgan fingerprint density at radius 1 is 1.18 bits per heavy atom. The SMILES string of the molecule is CCN(C)C=Nc1cc(OC)c(C2(OCc3ccc(C)cc3)COC2)cc1C. The molecule has 150 valence electrons. The van der Waals surface area contributed by atoms with Crippen LogP contribution in [0.4, 0.5) is 5.69 Å². The van der Waals surface area contributed by atoms with Gasteiger partial charge in [-0.1, -0.05) is 29.8 Å². The predicted octanol–water partition coefficient (Wildman–Crippen LogP) is 4.37. The highest BCUT2D eigenvalue weighted by molar-refractivity contribution is 5.65. The Labute approximate surface area is 167 Å². The van der Waals surface area contributed by atoms with Gasteiger partial charge in [-0.25, -0.2) is 4.99 Å². The van der Waals surface area contributed by atoms with E-state index in [-0.39, 0.29) is 0 Å². The van der Waals surface area contributed by atoms with Crippen molar-refractivity contribution in [2.45, 2.75) is 33.0 Å². The molecule has 1 fully saturated rings. The van der Waals surface area contributed by atoms with Gasteiger partial charge in [0.1, 0.15) is 11.4 Å². The molecule has 5 nitrogen and oxygen atoms in total. The van der Waals surface area contributed by atoms with Crippen LogP contribution in [0.1, 0.15) is 29.2 Å². The topological polar surface area (TPSA) is 43.3 Å². The Morgan fingerprint density at radius 2 is 1.89 bits per heavy atom. The molecule has 28 heavy (non-hydrogen) atoms. The lowest BCUT2D eigenvalue weighted by atomic mass is 9.89. The first kappa shape index (κ1) is 20.4. The van der Waals surface area contributed by atoms with E-state index in [4.69, 9.17) is 14.2 Å². The van der Waals surface area contributed by atoms with E-state index in [0.717, 1.165) is 34.7 Å². The van der Waals surface area contributed by atoms with E-state index < -0.39 is 5.60 Å². The molecule has 0 N–H and O–H groups in total. The van der Waals surface area contributed by atoms with Crippen LogP contribution < -0.4 is 4.74 Å². The fourth-order valence-corrected chi connectivity index (χ4v) is 3.09. The molecule has 0 bridgehead atoms. The van der Waals surface area contributed by atoms with Crippen LogP contribution in [-0.2, 0) is 21.7 Å². The molecule has 0 aliphatic carbocycles. The maximum absolute atomic E-state index is 6.38. The van der Waals surface area contributed by atoms with Gasteiger partial charge in [0.2, 0.25) is 0 Å². The van der Waals surface area contributed by atoms with Gasteiger partial charge in [0.05, 0.1) is 39.0 Å². The zero-order chi connectivity index (χ0) is 20.1. The first-order chi connectivity index (χ1) is 13.5. The maximum Gasteiger partial charge on any atom is 0.143 e. The zero-order valence-corrected chi connectivity index (χ0v) is 17.5. The third kappa shape index (κ3) is 4.37. The molecule has 3 rings (SSSR count). The van der Waals surface area contributed by atoms with Gasteiger partial charge in [0.15, 0.2) is 0 Å². The van der Waals surface area contributed by atoms with Crippen molar-refractivity contribution in [1.29, 1.82) is 0 Å². The lowest BCUT2D eigenvalue weighted by molar-refractivity contribution is -0.223. The second-order valence-corrected chi connectivity index (χ2v) is 7.42. The van der Waals surface area contributed by atoms with Gasteiger partial charge in [-0.05, 0) is 38.0 Å². The second-order valence-electron chi connectivity index (χ2n) is 7.42. The highest BCUT2D eigenvalue weighted by Gasteiger charge is 2.44. The van der Waals surface area contributed by atoms with E-state index in [1.165, 1.54) is 5.56 Å². The molecule has 5 heteroatoms. The van der Waals surface area contributed by atoms with Gasteiger partial charge in [-0.2, -0.15) is 0 Å². The van der Waals surface area contributed by atoms with Gasteiger partial charge in [-0.3, -0.25) is 0 Å². The Bertz CT molecular complexity index is 826. The fraction of sp³-hybridized carbons (Fsp3) is 0.435. The lowest BCUT2D eigenvalue weighted by Crippen LogP contribution is -2.49. The molecule has 0 saturated carbocycles. The average Bonchev–Trinajstić information content (AvgIpc) is 2.67. The molecule has 1 heterocycles. The van der Waals surface area contributed by atoms with Crippen LogP contribution in [0, 0.1) is 13.8 Å². The molecular weight excluding hydrogens is 352 g/mol. The van der Waals surface area contributed by atoms with Crippen LogP contribution in [-0.4, -0.2) is 45.2 Å². The monoisotopic (exact) mass is 382 g/mol. The highest BCUT2D eigenvalue weighted by atomic mass is 16.6. The fourth-order valence-electron chi connectivity index (χ4n) is 3.09. The summed E-state index contributed by atoms with van der Waals surface area (Å²) in [7, 11) is 3.69. The summed E-state index contributed by atoms with van der Waals surface area (Å²) in [5.41, 5.74) is 4.91. The van der Waals surface area contributed by atoms with Crippen LogP contribution in [0.15, 0.2) is 41.4 Å². The van der Waals surface area contributed by atoms with Crippen LogP contribution in [0.5, 0.6) is 5.75 Å². The van der Waals surface area contributed by atoms with E-state index in [1.807, 2.05) is 24.4 Å². The number of rotatable bonds is 8. The third-order valence-electron chi connectivity index (χ3n) is 5.21. The van der Waals surface area contributed by atoms with Crippen molar-refractivity contribution < 1.29 is 14.2 Å². The first-order valence-corrected chi connectivity index (χ1v) is 9.68. The molecule has 0 amide bonds. The molecule has 0 radical (unpaired) electrons. The normalized spacial score (nSPS) is 15.5. The minimum atomic E-state index is -0.483. The molecule has 0 spiro atoms. The summed E-state index contributed by atoms with van der Waals surface area (Å²) in [6, 6.07) is 12.5. The number of nitrogens with zero attached hydrogens (tertiary/aromatic N) is 2. The van der Waals surface area contributed by atoms with Crippen LogP contribution in [0.2, 0.25) is 0 Å². The van der Waals surface area contributed by atoms with Crippen molar-refractivity contribution in [3.63, 3.8) is 0 Å². The number of hydrogen-bond acceptors (Lipinski definition) is 4. The number of aliphatic imine (C=N–C) groups is 1. The molecule has 1 aliphatic heterocycles. The van der Waals surface area contributed by atoms with Crippen molar-refractivity contribution in [3.05, 3.63) is 58.7 Å². The Morgan fingerprint density at radius 3 is 2.46 bits per heavy atom. The molecule has 0 unspecified atom stereocenters. The van der Waals surface area contributed by atoms with E-state index >= 15 is 0 Å². The van der Waals surface area contributed by atoms with Gasteiger partial charge in [0, 0.05) is 25.2 Å². The molecule has 2 aromatic carbocycles. The summed E-state index contributed by atoms with van der Waals surface area (Å²) in [6.07, 6.45) is 1.84. The van der Waals surface area contributed by atoms with E-state index in [0.29, 0.717) is 19.8 Å². The lowest BCUT2D eigenvalue weighted by Gasteiger charge is -2.42. The Balaban J connectivity index is 1.86. The van der Waals surface area contributed by atoms with Gasteiger partial charge >= 0.3 is 0 Å². The number of methoxy groups -OCH3 is 1. The Kier molecular flexibility index (Phi) is 6.37. The summed E-state index contributed by atoms with van der Waals surface area (Å²) in [5.74, 6) is 0.782. The number of ether oxygens (including phenoxy) is 3. The number of benzene rings is 2. The first-order valence-electron chi connectivity index (χ1n) is 9.68. The van der Waals surface area contributed by atoms with Crippen molar-refractivity contribution >= 4 is 12.0 Å². The van der Waals surface area contributed by atoms with Crippen LogP contribution in [0.3, 0.4) is 0 Å². The summed E-state index contributed by atoms with van der Waals surface area (Å²) in [4.78, 5) is 6.64. The summed E-state index contributed by atoms with van der Waals surface area (Å²) in [6.45, 7) is 8.73. The summed E-state index contributed by atoms with van der Waals surface area (Å²) >= 11 is 0. The predicted molar refractivity (Wildman–Crippen MR) is 113 cm³/mol. The zero-order valence-electron chi connectivity index (χ0n) is 17.5. The van der Waals surface area contributed by atoms with E-state index in [2.05, 4.69) is 56.1 Å². The standard InChI is InChI=1S/C23H30N2O3/c1-6-25(4)16-24-21-12-22(26-5)20(11-18(21)3)23(14-27-15-23)28-13-19-9-7-17(2)8-10-19/h7-12,16H,6,13-15H2,1-5H3. The minimum absolute atomic E-state index is 0.483. The second kappa shape index (κ2) is 8.76. The minimum Gasteiger partial charge on any atom is -0.496 e. The van der Waals surface area contributed by atoms with E-state index in [9.17, 15) is 0 Å². The molecule has 1 aliphatic rings. The number of aryl methyl sites for hydroxylation is 2. The summed E-state index contributed by atoms with van der Waals surface area (Å²) in [5, 5.41) is 0. The highest BCUT2D eigenvalue weighted by Crippen LogP contribution is 2.42. The maximum atomic E-state index is 6.38. The van der Waals surface area contributed by atoms with Crippen LogP contribution >= 0.6 is 0 Å². The van der Waals surface area contributed by atoms with E-state index in [1.54, 1.807) is 7.11 Å². The third-order valence-corrected chi connectivity index (χ3v) is 5.21. The van der Waals surface area contributed by atoms with Crippen molar-refractivity contribution in [3.8, 4) is 5.75 Å². The molecule has 0 aromatic heterocycles. The average molecular weight is 383 g/mol. The van der Waals surface area contributed by atoms with Gasteiger partial charge < -0.3 is 19.1 Å². The Hall–Kier alpha value is -2.37. The smallest absolute Gasteiger partial charge is 0.143 e. The van der Waals surface area contributed by atoms with Crippen LogP contribution in [0.25, 0.3) is 0 Å². The molecule has 2 aromatic rings. The van der Waals surface area contributed by atoms with Crippen molar-refractivity contribution in [2.24, 2.45) is 4.99 Å².